The fourth-order valence-corrected chi connectivity index (χ4v) is 0. The third-order valence-corrected chi connectivity index (χ3v) is 0. The maximum atomic E-state index is 0. The Balaban J connectivity index is 0. The van der Waals surface area contributed by atoms with Gasteiger partial charge in [0, 0.05) is 538 Å². The summed E-state index contributed by atoms with van der Waals surface area (Å²) in [6.45, 7) is 0. The molecule has 0 saturated carbocycles. The summed E-state index contributed by atoms with van der Waals surface area (Å²) in [6, 6.07) is 0. The van der Waals surface area contributed by atoms with Gasteiger partial charge in [0.15, 0.2) is 0 Å². The monoisotopic (exact) mass is 1510 g/mol. The Kier molecular flexibility index (Phi) is 4100. The molecule has 0 fully saturated rings. The van der Waals surface area contributed by atoms with E-state index in [0.717, 1.165) is 0 Å². The van der Waals surface area contributed by atoms with Gasteiger partial charge in [0.2, 0.25) is 0 Å². The van der Waals surface area contributed by atoms with Crippen molar-refractivity contribution in [1.82, 2.24) is 0 Å². The van der Waals surface area contributed by atoms with Gasteiger partial charge in [0.1, 0.15) is 0 Å². The molecule has 29 heteroatoms. The molecule has 161 valence electrons. The van der Waals surface area contributed by atoms with Crippen LogP contribution in [0.2, 0.25) is 0 Å². The Bertz CT molecular complexity index is 10.7. The third-order valence-electron chi connectivity index (χ3n) is 0. The first kappa shape index (κ1) is 368. The smallest absolute Gasteiger partial charge is 0 e. The van der Waals surface area contributed by atoms with Crippen LogP contribution in [0.3, 0.4) is 0 Å². The van der Waals surface area contributed by atoms with E-state index in [-0.39, 0.29) is 553 Å². The van der Waals surface area contributed by atoms with Crippen LogP contribution in [0.25, 0.3) is 0 Å². The minimum Gasteiger partial charge on any atom is -0.0776 e. The zero-order valence-electron chi connectivity index (χ0n) is 13.0. The quantitative estimate of drug-likeness (QED) is 0.343. The molecule has 0 bridgehead atoms. The minimum atomic E-state index is 0. The fraction of sp³-hybridized carbons (Fsp3) is 1.00. The van der Waals surface area contributed by atoms with Gasteiger partial charge in [-0.1, -0.05) is 14.9 Å². The van der Waals surface area contributed by atoms with E-state index in [1.165, 1.54) is 0 Å². The van der Waals surface area contributed by atoms with Crippen LogP contribution in [-0.4, -0.2) is 0 Å². The molecule has 0 unspecified atom stereocenters. The van der Waals surface area contributed by atoms with E-state index in [0.29, 0.717) is 0 Å². The van der Waals surface area contributed by atoms with Gasteiger partial charge in [-0.05, 0) is 0 Å². The van der Waals surface area contributed by atoms with E-state index in [1.54, 1.807) is 0 Å². The van der Waals surface area contributed by atoms with Crippen LogP contribution in [0.5, 0.6) is 0 Å². The molecule has 0 amide bonds. The minimum absolute atomic E-state index is 0. The number of hydrogen-bond donors (Lipinski definition) is 0. The molecule has 0 aliphatic carbocycles. The number of hydrogen-bond acceptors (Lipinski definition) is 0. The van der Waals surface area contributed by atoms with E-state index >= 15 is 0 Å². The maximum Gasteiger partial charge on any atom is 0 e. The molecule has 0 aliphatic heterocycles. The van der Waals surface area contributed by atoms with Gasteiger partial charge in [-0.3, -0.25) is 0 Å². The van der Waals surface area contributed by atoms with Gasteiger partial charge in [0.25, 0.3) is 0 Å². The van der Waals surface area contributed by atoms with Crippen LogP contribution in [0.15, 0.2) is 0 Å². The van der Waals surface area contributed by atoms with Gasteiger partial charge < -0.3 is 0 Å². The molecular weight excluding hydrogens is 1500 g/mol. The van der Waals surface area contributed by atoms with Crippen LogP contribution in [0.1, 0.15) is 14.9 Å². The summed E-state index contributed by atoms with van der Waals surface area (Å²) in [5, 5.41) is 0. The molecule has 0 aromatic heterocycles. The average molecular weight is 1510 g/mol. The summed E-state index contributed by atoms with van der Waals surface area (Å²) in [6.07, 6.45) is 0. The van der Waals surface area contributed by atoms with Crippen LogP contribution >= 0.6 is 0 Å². The van der Waals surface area contributed by atoms with Crippen molar-refractivity contribution in [2.24, 2.45) is 0 Å². The Morgan fingerprint density at radius 1 is 0.0645 bits per heavy atom. The first-order chi connectivity index (χ1) is 0. The van der Waals surface area contributed by atoms with Crippen LogP contribution < -0.4 is 0 Å². The molecule has 0 saturated heterocycles. The molecule has 0 N–H and O–H groups in total. The third kappa shape index (κ3) is 330. The van der Waals surface area contributed by atoms with Gasteiger partial charge in [-0.25, -0.2) is 0 Å². The van der Waals surface area contributed by atoms with E-state index in [2.05, 4.69) is 0 Å². The van der Waals surface area contributed by atoms with Crippen molar-refractivity contribution in [1.29, 1.82) is 0 Å². The predicted molar refractivity (Wildman–Crippen MR) is 13.5 cm³/mol. The molecule has 0 aromatic rings. The second kappa shape index (κ2) is 345. The zero-order valence-corrected chi connectivity index (χ0v) is 53.5. The average Bonchev–Trinajstić information content (AvgIpc) is 0. The van der Waals surface area contributed by atoms with Crippen molar-refractivity contribution in [2.75, 3.05) is 0 Å². The Labute approximate surface area is 538 Å². The topological polar surface area (TPSA) is 0 Å². The Morgan fingerprint density at radius 3 is 0.0645 bits per heavy atom. The Hall–Kier alpha value is 16.9. The van der Waals surface area contributed by atoms with E-state index in [4.69, 9.17) is 0 Å². The van der Waals surface area contributed by atoms with Crippen molar-refractivity contribution < 1.29 is 538 Å². The van der Waals surface area contributed by atoms with Crippen LogP contribution in [-0.2, 0) is 538 Å². The second-order valence-corrected chi connectivity index (χ2v) is 0. The van der Waals surface area contributed by atoms with Gasteiger partial charge in [-0.15, -0.1) is 0 Å². The fourth-order valence-electron chi connectivity index (χ4n) is 0. The molecule has 0 rings (SSSR count). The first-order valence-corrected chi connectivity index (χ1v) is 0. The predicted octanol–water partition coefficient (Wildman–Crippen LogP) is 1.20. The molecule has 29 radical (unpaired) electrons. The van der Waals surface area contributed by atoms with E-state index in [9.17, 15) is 0 Å². The zero-order chi connectivity index (χ0) is 0. The van der Waals surface area contributed by atoms with Gasteiger partial charge >= 0.3 is 0 Å². The Morgan fingerprint density at radius 2 is 0.0645 bits per heavy atom. The summed E-state index contributed by atoms with van der Waals surface area (Å²) < 4.78 is 0. The SMILES string of the molecule is C.C.[V].[V].[V].[V].[V].[V].[V].[V].[V].[V].[V].[V].[V].[V].[V].[V].[V].[V].[V].[V].[V].[V].[V].[V].[V].[V].[V].[V].[V]. The largest absolute Gasteiger partial charge is 0.0776 e. The maximum absolute atomic E-state index is 0. The summed E-state index contributed by atoms with van der Waals surface area (Å²) >= 11 is 0. The summed E-state index contributed by atoms with van der Waals surface area (Å²) in [5.74, 6) is 0. The standard InChI is InChI=1S/2CH4.29V/h2*1H4;;;;;;;;;;;;;;;;;;;;;;;;;;;;;. The first-order valence-electron chi connectivity index (χ1n) is 0. The second-order valence-electron chi connectivity index (χ2n) is 0. The molecule has 0 atom stereocenters. The van der Waals surface area contributed by atoms with Crippen molar-refractivity contribution in [3.05, 3.63) is 0 Å². The molecule has 31 heavy (non-hydrogen) atoms. The molecule has 0 nitrogen and oxygen atoms in total. The van der Waals surface area contributed by atoms with Crippen molar-refractivity contribution >= 4 is 0 Å². The van der Waals surface area contributed by atoms with Gasteiger partial charge in [0.05, 0.1) is 0 Å². The molecule has 0 aromatic carbocycles. The normalized spacial score (nSPS) is 0. The number of rotatable bonds is 0. The molecule has 0 heterocycles. The summed E-state index contributed by atoms with van der Waals surface area (Å²) in [4.78, 5) is 0. The van der Waals surface area contributed by atoms with Crippen LogP contribution in [0, 0.1) is 0 Å². The van der Waals surface area contributed by atoms with Crippen molar-refractivity contribution in [3.8, 4) is 0 Å². The van der Waals surface area contributed by atoms with Crippen molar-refractivity contribution in [2.45, 2.75) is 14.9 Å². The van der Waals surface area contributed by atoms with E-state index < -0.39 is 0 Å². The molecular formula is C2H8V29. The van der Waals surface area contributed by atoms with Crippen molar-refractivity contribution in [3.63, 3.8) is 0 Å². The van der Waals surface area contributed by atoms with E-state index in [1.807, 2.05) is 0 Å². The summed E-state index contributed by atoms with van der Waals surface area (Å²) in [5.41, 5.74) is 0. The molecule has 0 aliphatic rings. The molecule has 0 spiro atoms. The summed E-state index contributed by atoms with van der Waals surface area (Å²) in [7, 11) is 0. The van der Waals surface area contributed by atoms with Crippen LogP contribution in [0.4, 0.5) is 0 Å². The van der Waals surface area contributed by atoms with Gasteiger partial charge in [-0.2, -0.15) is 0 Å².